The molecule has 0 radical (unpaired) electrons. The van der Waals surface area contributed by atoms with Crippen LogP contribution in [0.1, 0.15) is 41.5 Å². The number of hydrogen-bond acceptors (Lipinski definition) is 2. The van der Waals surface area contributed by atoms with Gasteiger partial charge in [0.15, 0.2) is 9.76 Å². The molecule has 0 atom stereocenters. The lowest BCUT2D eigenvalue weighted by atomic mass is 10.5. The molecule has 0 aromatic heterocycles. The molecule has 86 valence electrons. The summed E-state index contributed by atoms with van der Waals surface area (Å²) in [7, 11) is -0.523. The van der Waals surface area contributed by atoms with E-state index >= 15 is 0 Å². The van der Waals surface area contributed by atoms with Crippen LogP contribution < -0.4 is 0 Å². The van der Waals surface area contributed by atoms with Crippen molar-refractivity contribution >= 4 is 18.3 Å². The van der Waals surface area contributed by atoms with Crippen LogP contribution in [-0.4, -0.2) is 25.4 Å². The minimum Gasteiger partial charge on any atom is -0.441 e. The summed E-state index contributed by atoms with van der Waals surface area (Å²) < 4.78 is 12.0. The Labute approximate surface area is 92.6 Å². The second-order valence-electron chi connectivity index (χ2n) is 4.94. The van der Waals surface area contributed by atoms with Crippen LogP contribution in [0.4, 0.5) is 0 Å². The van der Waals surface area contributed by atoms with Gasteiger partial charge in [-0.2, -0.15) is 0 Å². The molecule has 0 N–H and O–H groups in total. The van der Waals surface area contributed by atoms with Crippen LogP contribution in [-0.2, 0) is 8.54 Å². The third-order valence-electron chi connectivity index (χ3n) is 2.57. The zero-order chi connectivity index (χ0) is 11.4. The highest BCUT2D eigenvalue weighted by Crippen LogP contribution is 2.33. The van der Waals surface area contributed by atoms with Crippen molar-refractivity contribution in [3.8, 4) is 0 Å². The Morgan fingerprint density at radius 3 is 1.57 bits per heavy atom. The highest BCUT2D eigenvalue weighted by atomic mass is 28.4. The highest BCUT2D eigenvalue weighted by molar-refractivity contribution is 6.74. The van der Waals surface area contributed by atoms with Crippen LogP contribution in [0.15, 0.2) is 0 Å². The fourth-order valence-corrected chi connectivity index (χ4v) is 9.62. The fraction of sp³-hybridized carbons (Fsp3) is 1.00. The van der Waals surface area contributed by atoms with E-state index in [9.17, 15) is 0 Å². The van der Waals surface area contributed by atoms with Gasteiger partial charge in [-0.1, -0.05) is 41.5 Å². The van der Waals surface area contributed by atoms with Crippen molar-refractivity contribution in [2.45, 2.75) is 58.2 Å². The maximum atomic E-state index is 6.22. The van der Waals surface area contributed by atoms with E-state index in [1.807, 2.05) is 7.11 Å². The fourth-order valence-electron chi connectivity index (χ4n) is 1.83. The molecule has 0 saturated carbocycles. The molecule has 0 spiro atoms. The summed E-state index contributed by atoms with van der Waals surface area (Å²) in [6.07, 6.45) is 0. The van der Waals surface area contributed by atoms with E-state index in [-0.39, 0.29) is 0 Å². The van der Waals surface area contributed by atoms with Crippen LogP contribution in [0.5, 0.6) is 0 Å². The molecular weight excluding hydrogens is 208 g/mol. The van der Waals surface area contributed by atoms with E-state index in [4.69, 9.17) is 8.54 Å². The minimum atomic E-state index is -1.93. The first-order valence-corrected chi connectivity index (χ1v) is 8.92. The van der Waals surface area contributed by atoms with Gasteiger partial charge in [-0.3, -0.25) is 0 Å². The van der Waals surface area contributed by atoms with Crippen molar-refractivity contribution in [3.05, 3.63) is 0 Å². The first-order chi connectivity index (χ1) is 6.36. The normalized spacial score (nSPS) is 14.1. The zero-order valence-corrected chi connectivity index (χ0v) is 13.2. The van der Waals surface area contributed by atoms with E-state index in [1.54, 1.807) is 0 Å². The second kappa shape index (κ2) is 6.05. The van der Waals surface area contributed by atoms with Crippen LogP contribution in [0.3, 0.4) is 0 Å². The molecule has 0 fully saturated rings. The molecule has 0 aliphatic heterocycles. The highest BCUT2D eigenvalue weighted by Gasteiger charge is 2.43. The molecule has 0 bridgehead atoms. The molecule has 2 nitrogen and oxygen atoms in total. The largest absolute Gasteiger partial charge is 0.441 e. The van der Waals surface area contributed by atoms with Crippen molar-refractivity contribution in [2.24, 2.45) is 0 Å². The van der Waals surface area contributed by atoms with Crippen molar-refractivity contribution in [2.75, 3.05) is 7.11 Å². The zero-order valence-electron chi connectivity index (χ0n) is 10.8. The Kier molecular flexibility index (Phi) is 6.20. The summed E-state index contributed by atoms with van der Waals surface area (Å²) in [6.45, 7) is 13.4. The summed E-state index contributed by atoms with van der Waals surface area (Å²) in [5.74, 6) is 0. The second-order valence-corrected chi connectivity index (χ2v) is 12.2. The van der Waals surface area contributed by atoms with Crippen molar-refractivity contribution < 1.29 is 8.54 Å². The van der Waals surface area contributed by atoms with E-state index in [0.717, 1.165) is 5.54 Å². The van der Waals surface area contributed by atoms with E-state index in [2.05, 4.69) is 41.5 Å². The Bertz CT molecular complexity index is 150. The predicted octanol–water partition coefficient (Wildman–Crippen LogP) is 2.82. The average Bonchev–Trinajstić information content (AvgIpc) is 2.04. The molecule has 14 heavy (non-hydrogen) atoms. The summed E-state index contributed by atoms with van der Waals surface area (Å²) in [4.78, 5) is 0. The molecule has 0 saturated heterocycles. The van der Waals surface area contributed by atoms with E-state index in [0.29, 0.717) is 11.1 Å². The van der Waals surface area contributed by atoms with Gasteiger partial charge in [-0.25, -0.2) is 0 Å². The van der Waals surface area contributed by atoms with Crippen LogP contribution in [0, 0.1) is 0 Å². The minimum absolute atomic E-state index is 0.418. The molecule has 0 aliphatic carbocycles. The van der Waals surface area contributed by atoms with Gasteiger partial charge in [0.05, 0.1) is 0 Å². The number of rotatable bonds is 6. The molecule has 0 amide bonds. The Morgan fingerprint density at radius 1 is 0.929 bits per heavy atom. The number of hydrogen-bond donors (Lipinski definition) is 0. The lowest BCUT2D eigenvalue weighted by Crippen LogP contribution is -2.48. The van der Waals surface area contributed by atoms with Gasteiger partial charge >= 0.3 is 8.56 Å². The third-order valence-corrected chi connectivity index (χ3v) is 9.57. The lowest BCUT2D eigenvalue weighted by molar-refractivity contribution is 0.279. The maximum Gasteiger partial charge on any atom is 0.332 e. The first-order valence-electron chi connectivity index (χ1n) is 5.55. The molecule has 0 aromatic carbocycles. The SMILES string of the molecule is CO[Si](O[SiH2]C(C)C)(C(C)C)C(C)C. The van der Waals surface area contributed by atoms with Gasteiger partial charge in [0.1, 0.15) is 0 Å². The third kappa shape index (κ3) is 3.49. The molecule has 0 unspecified atom stereocenters. The first kappa shape index (κ1) is 14.4. The Morgan fingerprint density at radius 2 is 1.36 bits per heavy atom. The smallest absolute Gasteiger partial charge is 0.332 e. The van der Waals surface area contributed by atoms with Gasteiger partial charge in [0, 0.05) is 7.11 Å². The van der Waals surface area contributed by atoms with Gasteiger partial charge in [-0.15, -0.1) is 0 Å². The van der Waals surface area contributed by atoms with Gasteiger partial charge < -0.3 is 8.54 Å². The molecule has 0 rings (SSSR count). The topological polar surface area (TPSA) is 18.5 Å². The quantitative estimate of drug-likeness (QED) is 0.658. The molecule has 0 heterocycles. The summed E-state index contributed by atoms with van der Waals surface area (Å²) in [5.41, 5.74) is 1.80. The van der Waals surface area contributed by atoms with E-state index < -0.39 is 18.3 Å². The van der Waals surface area contributed by atoms with Crippen molar-refractivity contribution in [3.63, 3.8) is 0 Å². The summed E-state index contributed by atoms with van der Waals surface area (Å²) >= 11 is 0. The Balaban J connectivity index is 4.51. The average molecular weight is 234 g/mol. The van der Waals surface area contributed by atoms with Gasteiger partial charge in [-0.05, 0) is 16.6 Å². The molecule has 4 heteroatoms. The van der Waals surface area contributed by atoms with Gasteiger partial charge in [0.25, 0.3) is 0 Å². The molecule has 0 aliphatic rings. The van der Waals surface area contributed by atoms with Gasteiger partial charge in [0.2, 0.25) is 0 Å². The monoisotopic (exact) mass is 234 g/mol. The van der Waals surface area contributed by atoms with Crippen molar-refractivity contribution in [1.29, 1.82) is 0 Å². The van der Waals surface area contributed by atoms with Crippen molar-refractivity contribution in [1.82, 2.24) is 0 Å². The molecular formula is C10H26O2Si2. The summed E-state index contributed by atoms with van der Waals surface area (Å²) in [5, 5.41) is 0. The van der Waals surface area contributed by atoms with Crippen LogP contribution >= 0.6 is 0 Å². The van der Waals surface area contributed by atoms with Crippen LogP contribution in [0.2, 0.25) is 16.6 Å². The summed E-state index contributed by atoms with van der Waals surface area (Å²) in [6, 6.07) is 0. The lowest BCUT2D eigenvalue weighted by Gasteiger charge is -2.37. The Hall–Kier alpha value is 0.354. The standard InChI is InChI=1S/C10H26O2Si2/c1-8(2)13-12-14(11-7,9(3)4)10(5)6/h8-10H,13H2,1-7H3. The predicted molar refractivity (Wildman–Crippen MR) is 67.7 cm³/mol. The maximum absolute atomic E-state index is 6.22. The molecule has 0 aromatic rings. The van der Waals surface area contributed by atoms with Crippen LogP contribution in [0.25, 0.3) is 0 Å². The van der Waals surface area contributed by atoms with E-state index in [1.165, 1.54) is 0 Å².